The molecule has 1 atom stereocenters. The van der Waals surface area contributed by atoms with Crippen molar-refractivity contribution in [1.82, 2.24) is 10.2 Å². The summed E-state index contributed by atoms with van der Waals surface area (Å²) < 4.78 is 14.2. The van der Waals surface area contributed by atoms with Gasteiger partial charge in [0.15, 0.2) is 0 Å². The summed E-state index contributed by atoms with van der Waals surface area (Å²) in [5, 5.41) is 3.84. The van der Waals surface area contributed by atoms with E-state index in [1.807, 2.05) is 12.1 Å². The predicted molar refractivity (Wildman–Crippen MR) is 75.9 cm³/mol. The average molecular weight is 283 g/mol. The lowest BCUT2D eigenvalue weighted by Gasteiger charge is -2.43. The number of benzene rings is 1. The Morgan fingerprint density at radius 1 is 1.26 bits per heavy atom. The fraction of sp³-hybridized carbons (Fsp3) is 0.600. The van der Waals surface area contributed by atoms with Gasteiger partial charge in [0.1, 0.15) is 5.82 Å². The molecule has 1 heterocycles. The summed E-state index contributed by atoms with van der Waals surface area (Å²) in [6.45, 7) is 4.00. The Bertz CT molecular complexity index is 442. The molecule has 104 valence electrons. The Morgan fingerprint density at radius 2 is 2.00 bits per heavy atom. The zero-order valence-corrected chi connectivity index (χ0v) is 11.8. The summed E-state index contributed by atoms with van der Waals surface area (Å²) >= 11 is 5.87. The molecule has 0 amide bonds. The van der Waals surface area contributed by atoms with E-state index in [0.29, 0.717) is 10.9 Å². The Labute approximate surface area is 118 Å². The molecule has 0 spiro atoms. The van der Waals surface area contributed by atoms with E-state index in [-0.39, 0.29) is 11.9 Å². The lowest BCUT2D eigenvalue weighted by atomic mass is 9.76. The number of piperazine rings is 1. The van der Waals surface area contributed by atoms with E-state index < -0.39 is 0 Å². The van der Waals surface area contributed by atoms with Crippen molar-refractivity contribution in [3.63, 3.8) is 0 Å². The van der Waals surface area contributed by atoms with Gasteiger partial charge in [-0.1, -0.05) is 24.1 Å². The third-order valence-electron chi connectivity index (χ3n) is 4.42. The van der Waals surface area contributed by atoms with Crippen molar-refractivity contribution in [2.45, 2.75) is 25.3 Å². The van der Waals surface area contributed by atoms with Gasteiger partial charge in [0.25, 0.3) is 0 Å². The van der Waals surface area contributed by atoms with Gasteiger partial charge >= 0.3 is 0 Å². The largest absolute Gasteiger partial charge is 0.314 e. The number of nitrogens with zero attached hydrogens (tertiary/aromatic N) is 1. The van der Waals surface area contributed by atoms with Crippen LogP contribution < -0.4 is 5.32 Å². The van der Waals surface area contributed by atoms with Crippen LogP contribution in [0.25, 0.3) is 0 Å². The van der Waals surface area contributed by atoms with Crippen molar-refractivity contribution < 1.29 is 4.39 Å². The second kappa shape index (κ2) is 5.78. The van der Waals surface area contributed by atoms with Crippen LogP contribution in [0, 0.1) is 11.7 Å². The van der Waals surface area contributed by atoms with E-state index >= 15 is 0 Å². The highest BCUT2D eigenvalue weighted by atomic mass is 35.5. The van der Waals surface area contributed by atoms with Crippen molar-refractivity contribution in [2.75, 3.05) is 26.2 Å². The summed E-state index contributed by atoms with van der Waals surface area (Å²) in [6, 6.07) is 5.37. The molecular weight excluding hydrogens is 263 g/mol. The van der Waals surface area contributed by atoms with Crippen molar-refractivity contribution in [1.29, 1.82) is 0 Å². The third kappa shape index (κ3) is 2.78. The van der Waals surface area contributed by atoms with Gasteiger partial charge < -0.3 is 5.32 Å². The minimum atomic E-state index is -0.150. The van der Waals surface area contributed by atoms with Gasteiger partial charge in [0.05, 0.1) is 0 Å². The number of rotatable bonds is 3. The van der Waals surface area contributed by atoms with E-state index in [1.165, 1.54) is 25.3 Å². The number of hydrogen-bond donors (Lipinski definition) is 1. The van der Waals surface area contributed by atoms with Gasteiger partial charge in [-0.15, -0.1) is 0 Å². The SMILES string of the molecule is Fc1cc(Cl)ccc1[C@@H](C1CCC1)N1CCNCC1. The summed E-state index contributed by atoms with van der Waals surface area (Å²) in [5.41, 5.74) is 0.830. The Morgan fingerprint density at radius 3 is 2.58 bits per heavy atom. The van der Waals surface area contributed by atoms with Crippen molar-refractivity contribution in [2.24, 2.45) is 5.92 Å². The molecule has 19 heavy (non-hydrogen) atoms. The zero-order valence-electron chi connectivity index (χ0n) is 11.0. The average Bonchev–Trinajstić information content (AvgIpc) is 2.35. The first-order chi connectivity index (χ1) is 9.25. The minimum Gasteiger partial charge on any atom is -0.314 e. The minimum absolute atomic E-state index is 0.150. The van der Waals surface area contributed by atoms with Crippen LogP contribution in [0.5, 0.6) is 0 Å². The molecule has 1 N–H and O–H groups in total. The van der Waals surface area contributed by atoms with Crippen LogP contribution in [0.2, 0.25) is 5.02 Å². The van der Waals surface area contributed by atoms with Crippen LogP contribution in [-0.2, 0) is 0 Å². The van der Waals surface area contributed by atoms with Gasteiger partial charge in [0, 0.05) is 42.8 Å². The van der Waals surface area contributed by atoms with Crippen LogP contribution >= 0.6 is 11.6 Å². The molecule has 1 aromatic rings. The van der Waals surface area contributed by atoms with Crippen molar-refractivity contribution >= 4 is 11.6 Å². The molecule has 0 radical (unpaired) electrons. The molecule has 0 unspecified atom stereocenters. The lowest BCUT2D eigenvalue weighted by Crippen LogP contribution is -2.48. The van der Waals surface area contributed by atoms with Crippen LogP contribution in [0.1, 0.15) is 30.9 Å². The first-order valence-electron chi connectivity index (χ1n) is 7.15. The van der Waals surface area contributed by atoms with Crippen LogP contribution in [0.3, 0.4) is 0 Å². The molecule has 2 fully saturated rings. The molecule has 1 aromatic carbocycles. The van der Waals surface area contributed by atoms with Crippen molar-refractivity contribution in [3.8, 4) is 0 Å². The normalized spacial score (nSPS) is 23.1. The highest BCUT2D eigenvalue weighted by Crippen LogP contribution is 2.42. The summed E-state index contributed by atoms with van der Waals surface area (Å²) in [5.74, 6) is 0.455. The fourth-order valence-electron chi connectivity index (χ4n) is 3.21. The molecule has 3 rings (SSSR count). The van der Waals surface area contributed by atoms with E-state index in [2.05, 4.69) is 10.2 Å². The molecule has 4 heteroatoms. The standard InChI is InChI=1S/C15H20ClFN2/c16-12-4-5-13(14(17)10-12)15(11-2-1-3-11)19-8-6-18-7-9-19/h4-5,10-11,15,18H,1-3,6-9H2/t15-/m1/s1. The van der Waals surface area contributed by atoms with Gasteiger partial charge in [-0.25, -0.2) is 4.39 Å². The molecule has 2 aliphatic rings. The maximum atomic E-state index is 14.2. The second-order valence-electron chi connectivity index (χ2n) is 5.59. The van der Waals surface area contributed by atoms with E-state index in [0.717, 1.165) is 31.7 Å². The maximum absolute atomic E-state index is 14.2. The Hall–Kier alpha value is -0.640. The van der Waals surface area contributed by atoms with Crippen LogP contribution in [-0.4, -0.2) is 31.1 Å². The summed E-state index contributed by atoms with van der Waals surface area (Å²) in [4.78, 5) is 2.44. The third-order valence-corrected chi connectivity index (χ3v) is 4.66. The van der Waals surface area contributed by atoms with Crippen LogP contribution in [0.15, 0.2) is 18.2 Å². The monoisotopic (exact) mass is 282 g/mol. The predicted octanol–water partition coefficient (Wildman–Crippen LogP) is 3.23. The quantitative estimate of drug-likeness (QED) is 0.916. The van der Waals surface area contributed by atoms with E-state index in [9.17, 15) is 4.39 Å². The van der Waals surface area contributed by atoms with E-state index in [4.69, 9.17) is 11.6 Å². The maximum Gasteiger partial charge on any atom is 0.129 e. The smallest absolute Gasteiger partial charge is 0.129 e. The van der Waals surface area contributed by atoms with Gasteiger partial charge in [-0.3, -0.25) is 4.90 Å². The molecule has 1 saturated heterocycles. The Balaban J connectivity index is 1.88. The molecule has 0 bridgehead atoms. The summed E-state index contributed by atoms with van der Waals surface area (Å²) in [7, 11) is 0. The molecule has 2 nitrogen and oxygen atoms in total. The molecule has 0 aromatic heterocycles. The fourth-order valence-corrected chi connectivity index (χ4v) is 3.36. The highest BCUT2D eigenvalue weighted by molar-refractivity contribution is 6.30. The Kier molecular flexibility index (Phi) is 4.06. The van der Waals surface area contributed by atoms with Gasteiger partial charge in [0.2, 0.25) is 0 Å². The van der Waals surface area contributed by atoms with E-state index in [1.54, 1.807) is 0 Å². The number of halogens is 2. The molecule has 1 aliphatic carbocycles. The number of hydrogen-bond acceptors (Lipinski definition) is 2. The van der Waals surface area contributed by atoms with Gasteiger partial charge in [-0.2, -0.15) is 0 Å². The highest BCUT2D eigenvalue weighted by Gasteiger charge is 2.34. The molecular formula is C15H20ClFN2. The first-order valence-corrected chi connectivity index (χ1v) is 7.53. The topological polar surface area (TPSA) is 15.3 Å². The van der Waals surface area contributed by atoms with Gasteiger partial charge in [-0.05, 0) is 30.9 Å². The van der Waals surface area contributed by atoms with Crippen molar-refractivity contribution in [3.05, 3.63) is 34.6 Å². The zero-order chi connectivity index (χ0) is 13.2. The molecule has 1 aliphatic heterocycles. The van der Waals surface area contributed by atoms with Crippen LogP contribution in [0.4, 0.5) is 4.39 Å². The first kappa shape index (κ1) is 13.3. The summed E-state index contributed by atoms with van der Waals surface area (Å²) in [6.07, 6.45) is 3.72. The number of nitrogens with one attached hydrogen (secondary N) is 1. The lowest BCUT2D eigenvalue weighted by molar-refractivity contribution is 0.0812. The second-order valence-corrected chi connectivity index (χ2v) is 6.02. The molecule has 1 saturated carbocycles.